The maximum Gasteiger partial charge on any atom is 0.136 e. The Bertz CT molecular complexity index is 574. The number of aromatic nitrogens is 2. The molecule has 0 bridgehead atoms. The maximum absolute atomic E-state index is 5.91. The first kappa shape index (κ1) is 13.4. The first-order chi connectivity index (χ1) is 8.58. The van der Waals surface area contributed by atoms with E-state index < -0.39 is 0 Å². The summed E-state index contributed by atoms with van der Waals surface area (Å²) in [5.41, 5.74) is 6.68. The summed E-state index contributed by atoms with van der Waals surface area (Å²) >= 11 is 8.13. The lowest BCUT2D eigenvalue weighted by Crippen LogP contribution is -2.03. The van der Waals surface area contributed by atoms with Gasteiger partial charge in [0.05, 0.1) is 5.69 Å². The van der Waals surface area contributed by atoms with Crippen molar-refractivity contribution in [3.05, 3.63) is 38.7 Å². The second-order valence-corrected chi connectivity index (χ2v) is 5.30. The van der Waals surface area contributed by atoms with Crippen molar-refractivity contribution in [1.29, 1.82) is 0 Å². The van der Waals surface area contributed by atoms with Crippen LogP contribution in [0.1, 0.15) is 12.7 Å². The van der Waals surface area contributed by atoms with E-state index in [2.05, 4.69) is 37.9 Å². The van der Waals surface area contributed by atoms with Crippen LogP contribution in [0.5, 0.6) is 0 Å². The molecule has 18 heavy (non-hydrogen) atoms. The number of nitrogens with two attached hydrogens (primary N) is 1. The van der Waals surface area contributed by atoms with Crippen LogP contribution in [0.15, 0.2) is 24.3 Å². The summed E-state index contributed by atoms with van der Waals surface area (Å²) in [4.78, 5) is 8.51. The highest BCUT2D eigenvalue weighted by Gasteiger charge is 2.04. The third kappa shape index (κ3) is 3.23. The van der Waals surface area contributed by atoms with E-state index in [1.165, 1.54) is 0 Å². The zero-order valence-corrected chi connectivity index (χ0v) is 12.7. The van der Waals surface area contributed by atoms with Gasteiger partial charge in [-0.1, -0.05) is 18.5 Å². The van der Waals surface area contributed by atoms with Crippen molar-refractivity contribution in [2.45, 2.75) is 13.3 Å². The van der Waals surface area contributed by atoms with Gasteiger partial charge in [-0.05, 0) is 40.8 Å². The first-order valence-electron chi connectivity index (χ1n) is 5.44. The largest absolute Gasteiger partial charge is 0.384 e. The standard InChI is InChI=1S/C12H12ClIN4/c1-2-11-17-10(15)6-12(18-11)16-9-4-3-7(13)5-8(9)14/h3-6H,2H2,1H3,(H3,15,16,17,18). The molecule has 0 aliphatic heterocycles. The topological polar surface area (TPSA) is 63.8 Å². The van der Waals surface area contributed by atoms with Crippen LogP contribution in [0.2, 0.25) is 5.02 Å². The number of nitrogens with one attached hydrogen (secondary N) is 1. The molecule has 3 N–H and O–H groups in total. The molecule has 0 radical (unpaired) electrons. The number of hydrogen-bond donors (Lipinski definition) is 2. The van der Waals surface area contributed by atoms with Crippen LogP contribution >= 0.6 is 34.2 Å². The second-order valence-electron chi connectivity index (χ2n) is 3.70. The Kier molecular flexibility index (Phi) is 4.23. The third-order valence-electron chi connectivity index (χ3n) is 2.30. The monoisotopic (exact) mass is 374 g/mol. The Morgan fingerprint density at radius 3 is 2.78 bits per heavy atom. The fraction of sp³-hybridized carbons (Fsp3) is 0.167. The molecule has 6 heteroatoms. The number of benzene rings is 1. The Balaban J connectivity index is 2.30. The van der Waals surface area contributed by atoms with Gasteiger partial charge in [0.15, 0.2) is 0 Å². The van der Waals surface area contributed by atoms with Crippen molar-refractivity contribution in [3.8, 4) is 0 Å². The molecule has 94 valence electrons. The average Bonchev–Trinajstić information content (AvgIpc) is 2.32. The summed E-state index contributed by atoms with van der Waals surface area (Å²) in [5, 5.41) is 3.93. The number of nitrogens with zero attached hydrogens (tertiary/aromatic N) is 2. The van der Waals surface area contributed by atoms with Crippen LogP contribution in [-0.2, 0) is 6.42 Å². The Labute approximate surface area is 124 Å². The summed E-state index contributed by atoms with van der Waals surface area (Å²) in [6, 6.07) is 7.34. The van der Waals surface area contributed by atoms with Crippen LogP contribution in [0.3, 0.4) is 0 Å². The van der Waals surface area contributed by atoms with E-state index in [0.717, 1.165) is 21.5 Å². The normalized spacial score (nSPS) is 10.4. The van der Waals surface area contributed by atoms with Gasteiger partial charge in [-0.15, -0.1) is 0 Å². The smallest absolute Gasteiger partial charge is 0.136 e. The van der Waals surface area contributed by atoms with Crippen molar-refractivity contribution in [3.63, 3.8) is 0 Å². The highest BCUT2D eigenvalue weighted by Crippen LogP contribution is 2.25. The van der Waals surface area contributed by atoms with Gasteiger partial charge < -0.3 is 11.1 Å². The van der Waals surface area contributed by atoms with E-state index in [0.29, 0.717) is 16.7 Å². The molecule has 2 aromatic rings. The molecule has 0 amide bonds. The number of nitrogen functional groups attached to an aromatic ring is 1. The molecule has 0 saturated heterocycles. The van der Waals surface area contributed by atoms with Crippen LogP contribution in [0.4, 0.5) is 17.3 Å². The lowest BCUT2D eigenvalue weighted by Gasteiger charge is -2.09. The summed E-state index contributed by atoms with van der Waals surface area (Å²) in [5.74, 6) is 1.88. The van der Waals surface area contributed by atoms with E-state index in [9.17, 15) is 0 Å². The highest BCUT2D eigenvalue weighted by atomic mass is 127. The minimum Gasteiger partial charge on any atom is -0.384 e. The highest BCUT2D eigenvalue weighted by molar-refractivity contribution is 14.1. The lowest BCUT2D eigenvalue weighted by molar-refractivity contribution is 0.948. The number of aryl methyl sites for hydroxylation is 1. The zero-order valence-electron chi connectivity index (χ0n) is 9.74. The quantitative estimate of drug-likeness (QED) is 0.806. The Hall–Kier alpha value is -1.08. The van der Waals surface area contributed by atoms with Gasteiger partial charge in [-0.25, -0.2) is 9.97 Å². The zero-order chi connectivity index (χ0) is 13.1. The maximum atomic E-state index is 5.91. The van der Waals surface area contributed by atoms with Crippen molar-refractivity contribution < 1.29 is 0 Å². The molecule has 4 nitrogen and oxygen atoms in total. The minimum absolute atomic E-state index is 0.466. The second kappa shape index (κ2) is 5.71. The summed E-state index contributed by atoms with van der Waals surface area (Å²) in [7, 11) is 0. The van der Waals surface area contributed by atoms with Gasteiger partial charge in [-0.3, -0.25) is 0 Å². The van der Waals surface area contributed by atoms with E-state index in [1.54, 1.807) is 6.07 Å². The van der Waals surface area contributed by atoms with Crippen molar-refractivity contribution in [2.24, 2.45) is 0 Å². The SMILES string of the molecule is CCc1nc(N)cc(Nc2ccc(Cl)cc2I)n1. The molecular formula is C12H12ClIN4. The van der Waals surface area contributed by atoms with E-state index >= 15 is 0 Å². The number of halogens is 2. The van der Waals surface area contributed by atoms with Gasteiger partial charge in [0.1, 0.15) is 17.5 Å². The molecule has 1 aromatic heterocycles. The van der Waals surface area contributed by atoms with E-state index in [-0.39, 0.29) is 0 Å². The average molecular weight is 375 g/mol. The van der Waals surface area contributed by atoms with Crippen molar-refractivity contribution in [2.75, 3.05) is 11.1 Å². The summed E-state index contributed by atoms with van der Waals surface area (Å²) < 4.78 is 1.02. The first-order valence-corrected chi connectivity index (χ1v) is 6.89. The Morgan fingerprint density at radius 2 is 2.11 bits per heavy atom. The number of anilines is 3. The molecule has 0 unspecified atom stereocenters. The van der Waals surface area contributed by atoms with Crippen molar-refractivity contribution in [1.82, 2.24) is 9.97 Å². The van der Waals surface area contributed by atoms with Gasteiger partial charge >= 0.3 is 0 Å². The van der Waals surface area contributed by atoms with Gasteiger partial charge in [0, 0.05) is 21.1 Å². The van der Waals surface area contributed by atoms with Crippen LogP contribution in [0, 0.1) is 3.57 Å². The Morgan fingerprint density at radius 1 is 1.33 bits per heavy atom. The predicted molar refractivity (Wildman–Crippen MR) is 83.3 cm³/mol. The van der Waals surface area contributed by atoms with E-state index in [1.807, 2.05) is 25.1 Å². The number of hydrogen-bond acceptors (Lipinski definition) is 4. The molecule has 1 heterocycles. The molecule has 0 aliphatic rings. The van der Waals surface area contributed by atoms with E-state index in [4.69, 9.17) is 17.3 Å². The third-order valence-corrected chi connectivity index (χ3v) is 3.43. The van der Waals surface area contributed by atoms with Crippen LogP contribution < -0.4 is 11.1 Å². The fourth-order valence-corrected chi connectivity index (χ4v) is 2.47. The molecule has 0 spiro atoms. The van der Waals surface area contributed by atoms with Crippen molar-refractivity contribution >= 4 is 51.5 Å². The molecule has 0 saturated carbocycles. The molecular weight excluding hydrogens is 363 g/mol. The predicted octanol–water partition coefficient (Wildman–Crippen LogP) is 3.62. The van der Waals surface area contributed by atoms with Crippen LogP contribution in [-0.4, -0.2) is 9.97 Å². The number of rotatable bonds is 3. The lowest BCUT2D eigenvalue weighted by atomic mass is 10.3. The minimum atomic E-state index is 0.466. The molecule has 0 atom stereocenters. The summed E-state index contributed by atoms with van der Waals surface area (Å²) in [6.45, 7) is 1.99. The van der Waals surface area contributed by atoms with Gasteiger partial charge in [0.2, 0.25) is 0 Å². The molecule has 1 aromatic carbocycles. The molecule has 0 aliphatic carbocycles. The molecule has 2 rings (SSSR count). The van der Waals surface area contributed by atoms with Gasteiger partial charge in [0.25, 0.3) is 0 Å². The fourth-order valence-electron chi connectivity index (χ4n) is 1.47. The van der Waals surface area contributed by atoms with Crippen LogP contribution in [0.25, 0.3) is 0 Å². The molecule has 0 fully saturated rings. The van der Waals surface area contributed by atoms with Gasteiger partial charge in [-0.2, -0.15) is 0 Å². The summed E-state index contributed by atoms with van der Waals surface area (Å²) in [6.07, 6.45) is 0.747.